The van der Waals surface area contributed by atoms with Crippen molar-refractivity contribution < 1.29 is 14.3 Å². The molecule has 0 unspecified atom stereocenters. The zero-order chi connectivity index (χ0) is 20.6. The molecule has 3 aromatic rings. The van der Waals surface area contributed by atoms with Crippen LogP contribution >= 0.6 is 11.8 Å². The molecule has 4 nitrogen and oxygen atoms in total. The van der Waals surface area contributed by atoms with Gasteiger partial charge in [-0.15, -0.1) is 11.8 Å². The minimum atomic E-state index is -0.508. The summed E-state index contributed by atoms with van der Waals surface area (Å²) in [4.78, 5) is 27.3. The van der Waals surface area contributed by atoms with Crippen LogP contribution in [0.15, 0.2) is 89.8 Å². The van der Waals surface area contributed by atoms with Crippen LogP contribution < -0.4 is 0 Å². The van der Waals surface area contributed by atoms with Gasteiger partial charge >= 0.3 is 5.97 Å². The van der Waals surface area contributed by atoms with Crippen molar-refractivity contribution in [1.29, 1.82) is 0 Å². The summed E-state index contributed by atoms with van der Waals surface area (Å²) in [6.07, 6.45) is -0.508. The molecule has 29 heavy (non-hydrogen) atoms. The number of hydrogen-bond acceptors (Lipinski definition) is 4. The standard InChI is InChI=1S/C24H23NO3S/c1-25(2)22(26)17-29-21-16-10-9-15-20(21)24(27)28-23(18-11-5-3-6-12-18)19-13-7-4-8-14-19/h3-16,23H,17H2,1-2H3. The highest BCUT2D eigenvalue weighted by Gasteiger charge is 2.22. The van der Waals surface area contributed by atoms with Crippen molar-refractivity contribution in [2.24, 2.45) is 0 Å². The summed E-state index contributed by atoms with van der Waals surface area (Å²) < 4.78 is 5.96. The fourth-order valence-corrected chi connectivity index (χ4v) is 3.80. The molecule has 0 aliphatic heterocycles. The molecule has 0 aromatic heterocycles. The fraction of sp³-hybridized carbons (Fsp3) is 0.167. The number of hydrogen-bond donors (Lipinski definition) is 0. The number of carbonyl (C=O) groups is 2. The SMILES string of the molecule is CN(C)C(=O)CSc1ccccc1C(=O)OC(c1ccccc1)c1ccccc1. The van der Waals surface area contributed by atoms with Gasteiger partial charge < -0.3 is 9.64 Å². The third-order valence-corrected chi connectivity index (χ3v) is 5.44. The molecule has 0 radical (unpaired) electrons. The Morgan fingerprint density at radius 2 is 1.34 bits per heavy atom. The van der Waals surface area contributed by atoms with E-state index >= 15 is 0 Å². The van der Waals surface area contributed by atoms with Gasteiger partial charge in [0.2, 0.25) is 5.91 Å². The topological polar surface area (TPSA) is 46.6 Å². The first kappa shape index (κ1) is 20.7. The maximum absolute atomic E-state index is 13.1. The van der Waals surface area contributed by atoms with E-state index < -0.39 is 12.1 Å². The van der Waals surface area contributed by atoms with Gasteiger partial charge in [-0.25, -0.2) is 4.79 Å². The molecule has 5 heteroatoms. The monoisotopic (exact) mass is 405 g/mol. The molecule has 0 bridgehead atoms. The zero-order valence-corrected chi connectivity index (χ0v) is 17.3. The minimum Gasteiger partial charge on any atom is -0.449 e. The van der Waals surface area contributed by atoms with E-state index in [0.717, 1.165) is 16.0 Å². The number of amides is 1. The number of benzene rings is 3. The fourth-order valence-electron chi connectivity index (χ4n) is 2.78. The molecule has 0 aliphatic rings. The van der Waals surface area contributed by atoms with Crippen LogP contribution in [0.4, 0.5) is 0 Å². The van der Waals surface area contributed by atoms with Gasteiger partial charge in [0.25, 0.3) is 0 Å². The van der Waals surface area contributed by atoms with Crippen LogP contribution in [0.3, 0.4) is 0 Å². The number of ether oxygens (including phenoxy) is 1. The second kappa shape index (κ2) is 9.94. The van der Waals surface area contributed by atoms with Crippen LogP contribution in [0.5, 0.6) is 0 Å². The zero-order valence-electron chi connectivity index (χ0n) is 16.4. The Bertz CT molecular complexity index is 919. The lowest BCUT2D eigenvalue weighted by molar-refractivity contribution is -0.125. The minimum absolute atomic E-state index is 0.00961. The first-order valence-corrected chi connectivity index (χ1v) is 10.3. The van der Waals surface area contributed by atoms with E-state index in [4.69, 9.17) is 4.74 Å². The number of thioether (sulfide) groups is 1. The summed E-state index contributed by atoms with van der Waals surface area (Å²) in [5, 5.41) is 0. The number of nitrogens with zero attached hydrogens (tertiary/aromatic N) is 1. The van der Waals surface area contributed by atoms with Gasteiger partial charge in [-0.1, -0.05) is 72.8 Å². The first-order valence-electron chi connectivity index (χ1n) is 9.29. The highest BCUT2D eigenvalue weighted by molar-refractivity contribution is 8.00. The van der Waals surface area contributed by atoms with Gasteiger partial charge in [0.05, 0.1) is 11.3 Å². The van der Waals surface area contributed by atoms with E-state index in [1.165, 1.54) is 16.7 Å². The van der Waals surface area contributed by atoms with Crippen molar-refractivity contribution in [2.75, 3.05) is 19.8 Å². The van der Waals surface area contributed by atoms with Crippen LogP contribution in [0.1, 0.15) is 27.6 Å². The Hall–Kier alpha value is -3.05. The van der Waals surface area contributed by atoms with Crippen LogP contribution in [0, 0.1) is 0 Å². The van der Waals surface area contributed by atoms with Crippen molar-refractivity contribution >= 4 is 23.6 Å². The van der Waals surface area contributed by atoms with Crippen LogP contribution in [-0.4, -0.2) is 36.6 Å². The van der Waals surface area contributed by atoms with Gasteiger partial charge in [0.1, 0.15) is 0 Å². The molecule has 0 aliphatic carbocycles. The maximum Gasteiger partial charge on any atom is 0.340 e. The molecule has 1 amide bonds. The second-order valence-corrected chi connectivity index (χ2v) is 7.70. The average Bonchev–Trinajstić information content (AvgIpc) is 2.77. The summed E-state index contributed by atoms with van der Waals surface area (Å²) in [5.74, 6) is -0.161. The number of esters is 1. The van der Waals surface area contributed by atoms with E-state index in [0.29, 0.717) is 5.56 Å². The summed E-state index contributed by atoms with van der Waals surface area (Å²) in [5.41, 5.74) is 2.26. The largest absolute Gasteiger partial charge is 0.449 e. The van der Waals surface area contributed by atoms with Crippen LogP contribution in [0.25, 0.3) is 0 Å². The quantitative estimate of drug-likeness (QED) is 0.418. The normalized spacial score (nSPS) is 10.6. The molecule has 0 atom stereocenters. The Kier molecular flexibility index (Phi) is 7.09. The lowest BCUT2D eigenvalue weighted by atomic mass is 10.0. The summed E-state index contributed by atoms with van der Waals surface area (Å²) in [6.45, 7) is 0. The molecule has 0 heterocycles. The molecule has 148 valence electrons. The number of rotatable bonds is 7. The Balaban J connectivity index is 1.85. The Morgan fingerprint density at radius 3 is 1.90 bits per heavy atom. The van der Waals surface area contributed by atoms with Gasteiger partial charge in [-0.3, -0.25) is 4.79 Å². The van der Waals surface area contributed by atoms with Gasteiger partial charge in [0, 0.05) is 19.0 Å². The van der Waals surface area contributed by atoms with E-state index in [1.807, 2.05) is 72.8 Å². The van der Waals surface area contributed by atoms with Crippen molar-refractivity contribution in [1.82, 2.24) is 4.90 Å². The lowest BCUT2D eigenvalue weighted by Gasteiger charge is -2.20. The Labute approximate surface area is 175 Å². The van der Waals surface area contributed by atoms with Crippen LogP contribution in [-0.2, 0) is 9.53 Å². The predicted octanol–water partition coefficient (Wildman–Crippen LogP) is 4.81. The molecule has 3 aromatic carbocycles. The molecule has 0 saturated carbocycles. The molecule has 0 N–H and O–H groups in total. The number of carbonyl (C=O) groups excluding carboxylic acids is 2. The van der Waals surface area contributed by atoms with E-state index in [2.05, 4.69) is 0 Å². The van der Waals surface area contributed by atoms with Crippen molar-refractivity contribution in [3.05, 3.63) is 102 Å². The van der Waals surface area contributed by atoms with E-state index in [-0.39, 0.29) is 11.7 Å². The van der Waals surface area contributed by atoms with Gasteiger partial charge in [-0.2, -0.15) is 0 Å². The van der Waals surface area contributed by atoms with E-state index in [1.54, 1.807) is 26.2 Å². The van der Waals surface area contributed by atoms with E-state index in [9.17, 15) is 9.59 Å². The molecule has 0 fully saturated rings. The lowest BCUT2D eigenvalue weighted by Crippen LogP contribution is -2.23. The van der Waals surface area contributed by atoms with Crippen molar-refractivity contribution in [3.63, 3.8) is 0 Å². The van der Waals surface area contributed by atoms with Gasteiger partial charge in [-0.05, 0) is 23.3 Å². The summed E-state index contributed by atoms with van der Waals surface area (Å²) >= 11 is 1.34. The molecule has 3 rings (SSSR count). The van der Waals surface area contributed by atoms with Gasteiger partial charge in [0.15, 0.2) is 6.10 Å². The van der Waals surface area contributed by atoms with Crippen molar-refractivity contribution in [2.45, 2.75) is 11.0 Å². The second-order valence-electron chi connectivity index (χ2n) is 6.68. The highest BCUT2D eigenvalue weighted by atomic mass is 32.2. The smallest absolute Gasteiger partial charge is 0.340 e. The summed E-state index contributed by atoms with van der Waals surface area (Å²) in [7, 11) is 3.43. The van der Waals surface area contributed by atoms with Crippen LogP contribution in [0.2, 0.25) is 0 Å². The maximum atomic E-state index is 13.1. The first-order chi connectivity index (χ1) is 14.1. The third-order valence-electron chi connectivity index (χ3n) is 4.39. The molecular weight excluding hydrogens is 382 g/mol. The Morgan fingerprint density at radius 1 is 0.828 bits per heavy atom. The van der Waals surface area contributed by atoms with Crippen molar-refractivity contribution in [3.8, 4) is 0 Å². The predicted molar refractivity (Wildman–Crippen MR) is 116 cm³/mol. The highest BCUT2D eigenvalue weighted by Crippen LogP contribution is 2.29. The average molecular weight is 406 g/mol. The third kappa shape index (κ3) is 5.48. The molecule has 0 spiro atoms. The summed E-state index contributed by atoms with van der Waals surface area (Å²) in [6, 6.07) is 26.6. The molecular formula is C24H23NO3S. The molecule has 0 saturated heterocycles.